The molecule has 0 bridgehead atoms. The Morgan fingerprint density at radius 1 is 1.38 bits per heavy atom. The smallest absolute Gasteiger partial charge is 0.215 e. The Morgan fingerprint density at radius 2 is 2.06 bits per heavy atom. The molecule has 0 saturated carbocycles. The maximum absolute atomic E-state index is 12.0. The topological polar surface area (TPSA) is 49.4 Å². The average Bonchev–Trinajstić information content (AvgIpc) is 2.18. The first-order valence-corrected chi connectivity index (χ1v) is 7.67. The largest absolute Gasteiger partial charge is 0.315 e. The van der Waals surface area contributed by atoms with Crippen LogP contribution in [-0.2, 0) is 10.0 Å². The third kappa shape index (κ3) is 4.03. The minimum Gasteiger partial charge on any atom is -0.315 e. The molecule has 0 unspecified atom stereocenters. The molecule has 0 radical (unpaired) electrons. The number of unbranched alkanes of at least 4 members (excludes halogenated alkanes) is 1. The van der Waals surface area contributed by atoms with E-state index >= 15 is 0 Å². The zero-order valence-electron chi connectivity index (χ0n) is 10.6. The van der Waals surface area contributed by atoms with E-state index in [9.17, 15) is 8.42 Å². The van der Waals surface area contributed by atoms with Crippen molar-refractivity contribution in [2.75, 3.05) is 31.9 Å². The van der Waals surface area contributed by atoms with Crippen LogP contribution in [0.3, 0.4) is 0 Å². The molecular weight excluding hydrogens is 224 g/mol. The van der Waals surface area contributed by atoms with E-state index in [1.165, 1.54) is 0 Å². The van der Waals surface area contributed by atoms with Gasteiger partial charge >= 0.3 is 0 Å². The van der Waals surface area contributed by atoms with Gasteiger partial charge in [-0.05, 0) is 11.8 Å². The van der Waals surface area contributed by atoms with Gasteiger partial charge < -0.3 is 5.32 Å². The molecule has 0 spiro atoms. The molecule has 16 heavy (non-hydrogen) atoms. The predicted molar refractivity (Wildman–Crippen MR) is 66.9 cm³/mol. The quantitative estimate of drug-likeness (QED) is 0.812. The van der Waals surface area contributed by atoms with Crippen LogP contribution < -0.4 is 5.32 Å². The molecule has 0 aromatic carbocycles. The normalized spacial score (nSPS) is 25.9. The number of nitrogens with one attached hydrogen (secondary N) is 1. The fraction of sp³-hybridized carbons (Fsp3) is 1.00. The van der Waals surface area contributed by atoms with Gasteiger partial charge in [0.25, 0.3) is 0 Å². The van der Waals surface area contributed by atoms with Crippen molar-refractivity contribution in [3.05, 3.63) is 0 Å². The number of hydrogen-bond acceptors (Lipinski definition) is 3. The third-order valence-corrected chi connectivity index (χ3v) is 4.72. The molecule has 0 aromatic rings. The van der Waals surface area contributed by atoms with Gasteiger partial charge in [-0.1, -0.05) is 27.2 Å². The lowest BCUT2D eigenvalue weighted by atomic mass is 9.93. The molecule has 96 valence electrons. The highest BCUT2D eigenvalue weighted by molar-refractivity contribution is 7.89. The number of hydrogen-bond donors (Lipinski definition) is 1. The second kappa shape index (κ2) is 5.47. The first-order valence-electron chi connectivity index (χ1n) is 6.06. The summed E-state index contributed by atoms with van der Waals surface area (Å²) < 4.78 is 25.7. The zero-order valence-corrected chi connectivity index (χ0v) is 11.4. The molecular formula is C11H24N2O2S. The fourth-order valence-corrected chi connectivity index (χ4v) is 3.56. The van der Waals surface area contributed by atoms with E-state index in [4.69, 9.17) is 0 Å². The summed E-state index contributed by atoms with van der Waals surface area (Å²) in [4.78, 5) is 0. The molecule has 5 heteroatoms. The number of rotatable bonds is 3. The van der Waals surface area contributed by atoms with Crippen LogP contribution in [0.15, 0.2) is 0 Å². The summed E-state index contributed by atoms with van der Waals surface area (Å²) in [7, 11) is -3.06. The maximum Gasteiger partial charge on any atom is 0.215 e. The average molecular weight is 248 g/mol. The Morgan fingerprint density at radius 3 is 2.69 bits per heavy atom. The summed E-state index contributed by atoms with van der Waals surface area (Å²) in [5, 5.41) is 3.20. The molecule has 1 heterocycles. The van der Waals surface area contributed by atoms with Crippen molar-refractivity contribution in [1.82, 2.24) is 9.62 Å². The molecule has 1 rings (SSSR count). The van der Waals surface area contributed by atoms with Crippen molar-refractivity contribution in [2.24, 2.45) is 5.41 Å². The van der Waals surface area contributed by atoms with Gasteiger partial charge in [-0.2, -0.15) is 0 Å². The molecule has 1 N–H and O–H groups in total. The van der Waals surface area contributed by atoms with Gasteiger partial charge in [-0.15, -0.1) is 0 Å². The highest BCUT2D eigenvalue weighted by Gasteiger charge is 2.30. The summed E-state index contributed by atoms with van der Waals surface area (Å²) in [6.07, 6.45) is 1.98. The van der Waals surface area contributed by atoms with Crippen LogP contribution in [0.2, 0.25) is 0 Å². The summed E-state index contributed by atoms with van der Waals surface area (Å²) in [6, 6.07) is 0. The lowest BCUT2D eigenvalue weighted by molar-refractivity contribution is 0.242. The lowest BCUT2D eigenvalue weighted by Crippen LogP contribution is -2.49. The summed E-state index contributed by atoms with van der Waals surface area (Å²) in [6.45, 7) is 9.05. The zero-order chi connectivity index (χ0) is 12.2. The molecule has 1 fully saturated rings. The second-order valence-corrected chi connectivity index (χ2v) is 7.43. The summed E-state index contributed by atoms with van der Waals surface area (Å²) in [5.41, 5.74) is 0.0151. The minimum atomic E-state index is -3.06. The van der Waals surface area contributed by atoms with Gasteiger partial charge in [-0.25, -0.2) is 12.7 Å². The minimum absolute atomic E-state index is 0.0151. The number of nitrogens with zero attached hydrogens (tertiary/aromatic N) is 1. The molecule has 0 aliphatic carbocycles. The Hall–Kier alpha value is -0.130. The number of sulfonamides is 1. The van der Waals surface area contributed by atoms with E-state index < -0.39 is 10.0 Å². The molecule has 1 aliphatic heterocycles. The van der Waals surface area contributed by atoms with Crippen LogP contribution in [0.25, 0.3) is 0 Å². The maximum atomic E-state index is 12.0. The second-order valence-electron chi connectivity index (χ2n) is 5.34. The van der Waals surface area contributed by atoms with Crippen molar-refractivity contribution < 1.29 is 8.42 Å². The Kier molecular flexibility index (Phi) is 4.76. The van der Waals surface area contributed by atoms with E-state index in [2.05, 4.69) is 26.1 Å². The first-order chi connectivity index (χ1) is 7.37. The Bertz CT molecular complexity index is 312. The Labute approximate surface area is 99.5 Å². The summed E-state index contributed by atoms with van der Waals surface area (Å²) >= 11 is 0. The molecule has 1 saturated heterocycles. The van der Waals surface area contributed by atoms with Gasteiger partial charge in [-0.3, -0.25) is 0 Å². The van der Waals surface area contributed by atoms with E-state index in [-0.39, 0.29) is 11.2 Å². The van der Waals surface area contributed by atoms with Crippen LogP contribution in [-0.4, -0.2) is 44.7 Å². The van der Waals surface area contributed by atoms with Crippen molar-refractivity contribution in [3.63, 3.8) is 0 Å². The molecule has 0 aromatic heterocycles. The molecule has 0 atom stereocenters. The van der Waals surface area contributed by atoms with E-state index in [1.807, 2.05) is 0 Å². The van der Waals surface area contributed by atoms with Gasteiger partial charge in [0.1, 0.15) is 0 Å². The van der Waals surface area contributed by atoms with E-state index in [1.54, 1.807) is 4.31 Å². The van der Waals surface area contributed by atoms with Crippen LogP contribution in [0.4, 0.5) is 0 Å². The SMILES string of the molecule is CCCCN1CC(C)(C)CNCCS1(=O)=O. The van der Waals surface area contributed by atoms with Crippen LogP contribution in [0, 0.1) is 5.41 Å². The van der Waals surface area contributed by atoms with Crippen molar-refractivity contribution in [2.45, 2.75) is 33.6 Å². The monoisotopic (exact) mass is 248 g/mol. The van der Waals surface area contributed by atoms with Gasteiger partial charge in [0.05, 0.1) is 5.75 Å². The van der Waals surface area contributed by atoms with Gasteiger partial charge in [0.2, 0.25) is 10.0 Å². The van der Waals surface area contributed by atoms with Crippen molar-refractivity contribution in [3.8, 4) is 0 Å². The van der Waals surface area contributed by atoms with Gasteiger partial charge in [0, 0.05) is 26.2 Å². The predicted octanol–water partition coefficient (Wildman–Crippen LogP) is 1.05. The van der Waals surface area contributed by atoms with E-state index in [0.29, 0.717) is 19.6 Å². The van der Waals surface area contributed by atoms with Crippen LogP contribution in [0.1, 0.15) is 33.6 Å². The van der Waals surface area contributed by atoms with Gasteiger partial charge in [0.15, 0.2) is 0 Å². The molecule has 4 nitrogen and oxygen atoms in total. The van der Waals surface area contributed by atoms with Crippen LogP contribution in [0.5, 0.6) is 0 Å². The highest BCUT2D eigenvalue weighted by Crippen LogP contribution is 2.20. The first kappa shape index (κ1) is 13.9. The summed E-state index contributed by atoms with van der Waals surface area (Å²) in [5.74, 6) is 0.229. The van der Waals surface area contributed by atoms with Crippen LogP contribution >= 0.6 is 0 Å². The Balaban J connectivity index is 2.77. The highest BCUT2D eigenvalue weighted by atomic mass is 32.2. The fourth-order valence-electron chi connectivity index (χ4n) is 1.94. The standard InChI is InChI=1S/C11H24N2O2S/c1-4-5-7-13-10-11(2,3)9-12-6-8-16(13,14)15/h12H,4-10H2,1-3H3. The van der Waals surface area contributed by atoms with Crippen molar-refractivity contribution >= 4 is 10.0 Å². The third-order valence-electron chi connectivity index (χ3n) is 2.90. The lowest BCUT2D eigenvalue weighted by Gasteiger charge is -2.34. The van der Waals surface area contributed by atoms with Crippen molar-refractivity contribution in [1.29, 1.82) is 0 Å². The molecule has 0 amide bonds. The molecule has 1 aliphatic rings. The van der Waals surface area contributed by atoms with E-state index in [0.717, 1.165) is 19.4 Å².